The predicted molar refractivity (Wildman–Crippen MR) is 121 cm³/mol. The molecular formula is C27H21N. The molecule has 0 aromatic heterocycles. The van der Waals surface area contributed by atoms with E-state index in [0.717, 1.165) is 6.54 Å². The Morgan fingerprint density at radius 2 is 1.11 bits per heavy atom. The van der Waals surface area contributed by atoms with Crippen molar-refractivity contribution in [3.05, 3.63) is 115 Å². The molecule has 0 aliphatic heterocycles. The number of anilines is 1. The monoisotopic (exact) mass is 359 g/mol. The predicted octanol–water partition coefficient (Wildman–Crippen LogP) is 7.27. The fourth-order valence-corrected chi connectivity index (χ4v) is 3.86. The van der Waals surface area contributed by atoms with Gasteiger partial charge in [0.15, 0.2) is 0 Å². The second-order valence-electron chi connectivity index (χ2n) is 7.10. The van der Waals surface area contributed by atoms with E-state index in [2.05, 4.69) is 115 Å². The van der Waals surface area contributed by atoms with Crippen molar-refractivity contribution in [1.82, 2.24) is 0 Å². The summed E-state index contributed by atoms with van der Waals surface area (Å²) in [5.41, 5.74) is 4.99. The Hall–Kier alpha value is -3.58. The summed E-state index contributed by atoms with van der Waals surface area (Å²) >= 11 is 0. The summed E-state index contributed by atoms with van der Waals surface area (Å²) in [6, 6.07) is 38.8. The Morgan fingerprint density at radius 1 is 0.500 bits per heavy atom. The lowest BCUT2D eigenvalue weighted by molar-refractivity contribution is 1.16. The van der Waals surface area contributed by atoms with Crippen molar-refractivity contribution in [2.75, 3.05) is 5.32 Å². The zero-order chi connectivity index (χ0) is 18.8. The van der Waals surface area contributed by atoms with E-state index < -0.39 is 0 Å². The normalized spacial score (nSPS) is 11.0. The van der Waals surface area contributed by atoms with Crippen molar-refractivity contribution < 1.29 is 0 Å². The van der Waals surface area contributed by atoms with Crippen molar-refractivity contribution in [3.8, 4) is 11.1 Å². The summed E-state index contributed by atoms with van der Waals surface area (Å²) in [5, 5.41) is 8.69. The van der Waals surface area contributed by atoms with Crippen molar-refractivity contribution in [2.45, 2.75) is 6.54 Å². The largest absolute Gasteiger partial charge is 0.380 e. The summed E-state index contributed by atoms with van der Waals surface area (Å²) in [6.07, 6.45) is 0. The van der Waals surface area contributed by atoms with E-state index in [-0.39, 0.29) is 0 Å². The van der Waals surface area contributed by atoms with Crippen LogP contribution in [0.4, 0.5) is 5.69 Å². The number of hydrogen-bond acceptors (Lipinski definition) is 1. The molecule has 0 saturated heterocycles. The van der Waals surface area contributed by atoms with Gasteiger partial charge in [0.25, 0.3) is 0 Å². The molecule has 0 radical (unpaired) electrons. The first-order valence-electron chi connectivity index (χ1n) is 9.67. The van der Waals surface area contributed by atoms with Gasteiger partial charge in [0.1, 0.15) is 0 Å². The van der Waals surface area contributed by atoms with Crippen molar-refractivity contribution >= 4 is 27.2 Å². The first-order valence-corrected chi connectivity index (χ1v) is 9.67. The maximum absolute atomic E-state index is 3.59. The molecule has 1 nitrogen and oxygen atoms in total. The highest BCUT2D eigenvalue weighted by atomic mass is 14.9. The Balaban J connectivity index is 1.39. The van der Waals surface area contributed by atoms with Crippen LogP contribution in [0.5, 0.6) is 0 Å². The van der Waals surface area contributed by atoms with Crippen LogP contribution < -0.4 is 5.32 Å². The second kappa shape index (κ2) is 7.21. The molecule has 0 saturated carbocycles. The highest BCUT2D eigenvalue weighted by molar-refractivity contribution is 5.96. The van der Waals surface area contributed by atoms with Crippen LogP contribution in [0.1, 0.15) is 5.56 Å². The van der Waals surface area contributed by atoms with Crippen LogP contribution in [-0.2, 0) is 6.54 Å². The van der Waals surface area contributed by atoms with E-state index in [1.54, 1.807) is 0 Å². The molecule has 0 fully saturated rings. The highest BCUT2D eigenvalue weighted by Gasteiger charge is 2.04. The minimum atomic E-state index is 0.809. The fourth-order valence-electron chi connectivity index (χ4n) is 3.86. The SMILES string of the molecule is c1ccc2c(NCc3ccc(-c4cccc5ccccc45)cc3)cccc2c1. The number of hydrogen-bond donors (Lipinski definition) is 1. The Kier molecular flexibility index (Phi) is 4.27. The lowest BCUT2D eigenvalue weighted by Crippen LogP contribution is -1.99. The minimum Gasteiger partial charge on any atom is -0.380 e. The highest BCUT2D eigenvalue weighted by Crippen LogP contribution is 2.29. The molecule has 0 heterocycles. The summed E-state index contributed by atoms with van der Waals surface area (Å²) < 4.78 is 0. The first-order chi connectivity index (χ1) is 13.9. The quantitative estimate of drug-likeness (QED) is 0.356. The van der Waals surface area contributed by atoms with Gasteiger partial charge in [-0.3, -0.25) is 0 Å². The molecule has 0 atom stereocenters. The Bertz CT molecular complexity index is 1240. The van der Waals surface area contributed by atoms with Gasteiger partial charge in [0, 0.05) is 17.6 Å². The van der Waals surface area contributed by atoms with E-state index in [1.807, 2.05) is 0 Å². The van der Waals surface area contributed by atoms with Crippen LogP contribution in [0.25, 0.3) is 32.7 Å². The maximum Gasteiger partial charge on any atom is 0.0422 e. The fraction of sp³-hybridized carbons (Fsp3) is 0.0370. The molecule has 1 N–H and O–H groups in total. The van der Waals surface area contributed by atoms with E-state index in [0.29, 0.717) is 0 Å². The van der Waals surface area contributed by atoms with E-state index in [9.17, 15) is 0 Å². The van der Waals surface area contributed by atoms with E-state index in [1.165, 1.54) is 43.9 Å². The lowest BCUT2D eigenvalue weighted by Gasteiger charge is -2.11. The van der Waals surface area contributed by atoms with Crippen LogP contribution in [0.2, 0.25) is 0 Å². The molecule has 5 rings (SSSR count). The second-order valence-corrected chi connectivity index (χ2v) is 7.10. The summed E-state index contributed by atoms with van der Waals surface area (Å²) in [6.45, 7) is 0.809. The number of rotatable bonds is 4. The number of fused-ring (bicyclic) bond motifs is 2. The zero-order valence-electron chi connectivity index (χ0n) is 15.6. The lowest BCUT2D eigenvalue weighted by atomic mass is 9.97. The third-order valence-electron chi connectivity index (χ3n) is 5.33. The Morgan fingerprint density at radius 3 is 1.89 bits per heavy atom. The molecule has 0 aliphatic rings. The maximum atomic E-state index is 3.59. The third-order valence-corrected chi connectivity index (χ3v) is 5.33. The molecule has 0 spiro atoms. The smallest absolute Gasteiger partial charge is 0.0422 e. The van der Waals surface area contributed by atoms with Gasteiger partial charge in [-0.2, -0.15) is 0 Å². The first kappa shape index (κ1) is 16.6. The molecule has 0 aliphatic carbocycles. The van der Waals surface area contributed by atoms with Gasteiger partial charge in [-0.25, -0.2) is 0 Å². The van der Waals surface area contributed by atoms with Crippen LogP contribution >= 0.6 is 0 Å². The number of nitrogens with one attached hydrogen (secondary N) is 1. The van der Waals surface area contributed by atoms with Crippen LogP contribution in [0.15, 0.2) is 109 Å². The average molecular weight is 359 g/mol. The Labute approximate surface area is 165 Å². The number of benzene rings is 5. The van der Waals surface area contributed by atoms with Gasteiger partial charge in [0.2, 0.25) is 0 Å². The van der Waals surface area contributed by atoms with Gasteiger partial charge >= 0.3 is 0 Å². The van der Waals surface area contributed by atoms with Gasteiger partial charge in [-0.15, -0.1) is 0 Å². The zero-order valence-corrected chi connectivity index (χ0v) is 15.6. The molecular weight excluding hydrogens is 338 g/mol. The standard InChI is InChI=1S/C27H21N/c1-3-11-24-21(7-1)9-5-13-25(24)23-17-15-20(16-18-23)19-28-27-14-6-10-22-8-2-4-12-26(22)27/h1-18,28H,19H2. The molecule has 0 amide bonds. The minimum absolute atomic E-state index is 0.809. The molecule has 134 valence electrons. The molecule has 1 heteroatoms. The average Bonchev–Trinajstić information content (AvgIpc) is 2.78. The van der Waals surface area contributed by atoms with Crippen LogP contribution in [-0.4, -0.2) is 0 Å². The van der Waals surface area contributed by atoms with Crippen molar-refractivity contribution in [2.24, 2.45) is 0 Å². The third kappa shape index (κ3) is 3.12. The summed E-state index contributed by atoms with van der Waals surface area (Å²) in [4.78, 5) is 0. The topological polar surface area (TPSA) is 12.0 Å². The van der Waals surface area contributed by atoms with E-state index >= 15 is 0 Å². The van der Waals surface area contributed by atoms with Crippen LogP contribution in [0.3, 0.4) is 0 Å². The molecule has 5 aromatic carbocycles. The van der Waals surface area contributed by atoms with Gasteiger partial charge in [-0.1, -0.05) is 103 Å². The van der Waals surface area contributed by atoms with Crippen molar-refractivity contribution in [1.29, 1.82) is 0 Å². The van der Waals surface area contributed by atoms with Gasteiger partial charge in [-0.05, 0) is 38.9 Å². The molecule has 28 heavy (non-hydrogen) atoms. The van der Waals surface area contributed by atoms with Crippen molar-refractivity contribution in [3.63, 3.8) is 0 Å². The van der Waals surface area contributed by atoms with Gasteiger partial charge < -0.3 is 5.32 Å². The summed E-state index contributed by atoms with van der Waals surface area (Å²) in [7, 11) is 0. The van der Waals surface area contributed by atoms with E-state index in [4.69, 9.17) is 0 Å². The summed E-state index contributed by atoms with van der Waals surface area (Å²) in [5.74, 6) is 0. The van der Waals surface area contributed by atoms with Gasteiger partial charge in [0.05, 0.1) is 0 Å². The molecule has 0 unspecified atom stereocenters. The molecule has 5 aromatic rings. The molecule has 0 bridgehead atoms. The van der Waals surface area contributed by atoms with Crippen LogP contribution in [0, 0.1) is 0 Å².